The van der Waals surface area contributed by atoms with E-state index in [4.69, 9.17) is 0 Å². The van der Waals surface area contributed by atoms with Crippen LogP contribution in [0.1, 0.15) is 64.2 Å². The van der Waals surface area contributed by atoms with Gasteiger partial charge in [0.25, 0.3) is 11.5 Å². The molecule has 6 rings (SSSR count). The van der Waals surface area contributed by atoms with E-state index in [2.05, 4.69) is 10.6 Å². The second-order valence-electron chi connectivity index (χ2n) is 12.9. The van der Waals surface area contributed by atoms with Crippen molar-refractivity contribution in [2.24, 2.45) is 7.05 Å². The lowest BCUT2D eigenvalue weighted by atomic mass is 9.62. The number of carbonyl (C=O) groups excluding carboxylic acids is 3. The van der Waals surface area contributed by atoms with Crippen LogP contribution < -0.4 is 16.2 Å². The van der Waals surface area contributed by atoms with E-state index in [-0.39, 0.29) is 56.5 Å². The molecule has 2 aliphatic rings. The van der Waals surface area contributed by atoms with Gasteiger partial charge in [-0.2, -0.15) is 27.0 Å². The Morgan fingerprint density at radius 3 is 2.14 bits per heavy atom. The van der Waals surface area contributed by atoms with E-state index < -0.39 is 35.2 Å². The lowest BCUT2D eigenvalue weighted by Gasteiger charge is -2.43. The minimum Gasteiger partial charge on any atom is -0.480 e. The number of likely N-dealkylation sites (tertiary alicyclic amines) is 1. The molecule has 0 saturated carbocycles. The Morgan fingerprint density at radius 1 is 0.843 bits per heavy atom. The number of aliphatic carboxylic acids is 1. The van der Waals surface area contributed by atoms with Crippen LogP contribution in [-0.4, -0.2) is 63.4 Å². The number of carboxylic acids is 1. The Hall–Kier alpha value is -4.81. The van der Waals surface area contributed by atoms with Gasteiger partial charge in [0.05, 0.1) is 11.3 Å². The molecule has 2 heterocycles. The van der Waals surface area contributed by atoms with E-state index in [1.165, 1.54) is 10.6 Å². The Bertz CT molecular complexity index is 1910. The molecule has 51 heavy (non-hydrogen) atoms. The van der Waals surface area contributed by atoms with Gasteiger partial charge in [0.15, 0.2) is 0 Å². The molecule has 1 fully saturated rings. The lowest BCUT2D eigenvalue weighted by molar-refractivity contribution is -0.142. The quantitative estimate of drug-likeness (QED) is 0.238. The molecular weight excluding hydrogens is 685 g/mol. The monoisotopic (exact) mass is 728 g/mol. The molecule has 10 nitrogen and oxygen atoms in total. The fourth-order valence-electron chi connectivity index (χ4n) is 7.32. The number of rotatable bonds is 9. The first-order valence-corrected chi connectivity index (χ1v) is 16.7. The zero-order valence-electron chi connectivity index (χ0n) is 28.4. The molecule has 3 N–H and O–H groups in total. The van der Waals surface area contributed by atoms with E-state index in [0.29, 0.717) is 44.3 Å². The molecule has 1 aromatic heterocycles. The molecule has 12 heteroatoms. The molecule has 0 radical (unpaired) electrons. The topological polar surface area (TPSA) is 138 Å². The fraction of sp³-hybridized carbons (Fsp3) is 0.308. The third-order valence-electron chi connectivity index (χ3n) is 9.95. The van der Waals surface area contributed by atoms with Gasteiger partial charge in [-0.3, -0.25) is 19.2 Å². The highest BCUT2D eigenvalue weighted by molar-refractivity contribution is 7.59. The Balaban J connectivity index is 0.00000292. The van der Waals surface area contributed by atoms with Crippen molar-refractivity contribution in [1.29, 1.82) is 0 Å². The predicted molar refractivity (Wildman–Crippen MR) is 205 cm³/mol. The van der Waals surface area contributed by atoms with Gasteiger partial charge in [0.2, 0.25) is 11.8 Å². The summed E-state index contributed by atoms with van der Waals surface area (Å²) in [6.07, 6.45) is 3.53. The number of carboxylic acid groups (broad SMARTS) is 1. The van der Waals surface area contributed by atoms with Crippen LogP contribution in [0, 0.1) is 0 Å². The van der Waals surface area contributed by atoms with Crippen molar-refractivity contribution in [2.45, 2.75) is 55.5 Å². The molecule has 3 amide bonds. The van der Waals surface area contributed by atoms with Gasteiger partial charge in [-0.25, -0.2) is 4.79 Å². The highest BCUT2D eigenvalue weighted by Crippen LogP contribution is 2.48. The molecule has 268 valence electrons. The van der Waals surface area contributed by atoms with Crippen LogP contribution in [0.5, 0.6) is 0 Å². The standard InChI is InChI=1S/C39H40N4O6.2H2S/c1-42-22-10-16-31(35(42)45)34(44)40-28-19-23-43(24-20-28)36(46)30-18-21-39(27-13-6-3-7-14-27,32-17-9-8-15-29(30)32)38(49)41-33(37(47)48)25-26-11-4-2-5-12-26;;/h2-17,22,28,30,33H,18-21,23-25H2,1H3,(H,40,44)(H,41,49)(H,47,48);2*1H2/t30-,33-,39+;;/m0../s1. The first-order valence-electron chi connectivity index (χ1n) is 16.7. The molecular formula is C39H44N4O6S2. The summed E-state index contributed by atoms with van der Waals surface area (Å²) in [6.45, 7) is 0.888. The number of hydrogen-bond acceptors (Lipinski definition) is 5. The van der Waals surface area contributed by atoms with E-state index in [1.54, 1.807) is 19.3 Å². The van der Waals surface area contributed by atoms with Crippen LogP contribution in [-0.2, 0) is 33.3 Å². The summed E-state index contributed by atoms with van der Waals surface area (Å²) in [5.41, 5.74) is 1.50. The summed E-state index contributed by atoms with van der Waals surface area (Å²) in [4.78, 5) is 68.1. The van der Waals surface area contributed by atoms with Crippen LogP contribution in [0.4, 0.5) is 0 Å². The number of nitrogens with one attached hydrogen (secondary N) is 2. The molecule has 4 aromatic rings. The number of amides is 3. The van der Waals surface area contributed by atoms with Crippen molar-refractivity contribution in [3.05, 3.63) is 141 Å². The second-order valence-corrected chi connectivity index (χ2v) is 12.9. The summed E-state index contributed by atoms with van der Waals surface area (Å²) in [5, 5.41) is 16.0. The summed E-state index contributed by atoms with van der Waals surface area (Å²) in [7, 11) is 1.60. The van der Waals surface area contributed by atoms with Crippen LogP contribution in [0.3, 0.4) is 0 Å². The molecule has 0 bridgehead atoms. The minimum atomic E-state index is -1.20. The zero-order chi connectivity index (χ0) is 34.5. The third kappa shape index (κ3) is 8.07. The molecule has 0 unspecified atom stereocenters. The van der Waals surface area contributed by atoms with Crippen molar-refractivity contribution in [3.63, 3.8) is 0 Å². The maximum Gasteiger partial charge on any atom is 0.326 e. The fourth-order valence-corrected chi connectivity index (χ4v) is 7.32. The van der Waals surface area contributed by atoms with Gasteiger partial charge in [0, 0.05) is 38.8 Å². The van der Waals surface area contributed by atoms with Crippen molar-refractivity contribution in [2.75, 3.05) is 13.1 Å². The number of benzene rings is 3. The average Bonchev–Trinajstić information content (AvgIpc) is 3.12. The summed E-state index contributed by atoms with van der Waals surface area (Å²) in [6, 6.07) is 27.9. The van der Waals surface area contributed by atoms with Crippen molar-refractivity contribution < 1.29 is 24.3 Å². The highest BCUT2D eigenvalue weighted by Gasteiger charge is 2.49. The van der Waals surface area contributed by atoms with Crippen LogP contribution in [0.15, 0.2) is 108 Å². The van der Waals surface area contributed by atoms with Crippen LogP contribution in [0.2, 0.25) is 0 Å². The number of pyridine rings is 1. The normalized spacial score (nSPS) is 18.9. The number of hydrogen-bond donors (Lipinski definition) is 3. The third-order valence-corrected chi connectivity index (χ3v) is 9.95. The maximum absolute atomic E-state index is 14.5. The Labute approximate surface area is 311 Å². The van der Waals surface area contributed by atoms with E-state index in [9.17, 15) is 29.1 Å². The largest absolute Gasteiger partial charge is 0.480 e. The maximum atomic E-state index is 14.5. The molecule has 3 atom stereocenters. The van der Waals surface area contributed by atoms with Gasteiger partial charge in [0.1, 0.15) is 11.6 Å². The lowest BCUT2D eigenvalue weighted by Crippen LogP contribution is -2.54. The summed E-state index contributed by atoms with van der Waals surface area (Å²) >= 11 is 0. The van der Waals surface area contributed by atoms with E-state index in [1.807, 2.05) is 89.8 Å². The second kappa shape index (κ2) is 16.9. The number of piperidine rings is 1. The van der Waals surface area contributed by atoms with Gasteiger partial charge in [-0.05, 0) is 60.1 Å². The smallest absolute Gasteiger partial charge is 0.326 e. The van der Waals surface area contributed by atoms with Gasteiger partial charge in [-0.1, -0.05) is 84.9 Å². The van der Waals surface area contributed by atoms with E-state index in [0.717, 1.165) is 16.7 Å². The summed E-state index contributed by atoms with van der Waals surface area (Å²) < 4.78 is 1.36. The number of fused-ring (bicyclic) bond motifs is 1. The zero-order valence-corrected chi connectivity index (χ0v) is 30.4. The Morgan fingerprint density at radius 2 is 1.47 bits per heavy atom. The number of nitrogens with zero attached hydrogens (tertiary/aromatic N) is 2. The van der Waals surface area contributed by atoms with Crippen LogP contribution >= 0.6 is 27.0 Å². The Kier molecular flexibility index (Phi) is 12.9. The van der Waals surface area contributed by atoms with Crippen molar-refractivity contribution in [3.8, 4) is 0 Å². The predicted octanol–water partition coefficient (Wildman–Crippen LogP) is 4.01. The number of aryl methyl sites for hydroxylation is 1. The molecule has 1 aliphatic heterocycles. The number of carbonyl (C=O) groups is 4. The van der Waals surface area contributed by atoms with E-state index >= 15 is 0 Å². The molecule has 3 aromatic carbocycles. The highest BCUT2D eigenvalue weighted by atomic mass is 32.1. The number of aromatic nitrogens is 1. The van der Waals surface area contributed by atoms with Gasteiger partial charge < -0.3 is 25.2 Å². The SMILES string of the molecule is Cn1cccc(C(=O)NC2CCN(C(=O)[C@H]3CC[C@@](C(=O)N[C@@H](Cc4ccccc4)C(=O)O)(c4ccccc4)c4ccccc43)CC2)c1=O.S.S. The average molecular weight is 729 g/mol. The minimum absolute atomic E-state index is 0. The molecule has 1 saturated heterocycles. The van der Waals surface area contributed by atoms with Crippen molar-refractivity contribution >= 4 is 50.7 Å². The molecule has 1 aliphatic carbocycles. The van der Waals surface area contributed by atoms with Gasteiger partial charge >= 0.3 is 5.97 Å². The first kappa shape index (κ1) is 39.0. The molecule has 0 spiro atoms. The van der Waals surface area contributed by atoms with Gasteiger partial charge in [-0.15, -0.1) is 0 Å². The first-order chi connectivity index (χ1) is 23.7. The van der Waals surface area contributed by atoms with Crippen molar-refractivity contribution in [1.82, 2.24) is 20.1 Å². The van der Waals surface area contributed by atoms with Crippen LogP contribution in [0.25, 0.3) is 0 Å². The summed E-state index contributed by atoms with van der Waals surface area (Å²) in [5.74, 6) is -2.48.